The number of nitrogens with zero attached hydrogens (tertiary/aromatic N) is 3. The van der Waals surface area contributed by atoms with Crippen molar-refractivity contribution in [1.29, 1.82) is 0 Å². The molecule has 0 spiro atoms. The number of piperazine rings is 1. The van der Waals surface area contributed by atoms with E-state index >= 15 is 0 Å². The standard InChI is InChI=1S/C23H26N4O3/c1-16(2)23(29)30-18-7-5-6-17(14-18)27-12-10-26(11-13-27)15-21-24-20-9-4-3-8-19(20)22(28)25-21/h3-9,14,16H,10-13,15H2,1-2H3,(H,24,25,28). The number of H-pyrrole nitrogens is 1. The molecule has 0 saturated carbocycles. The first-order chi connectivity index (χ1) is 14.5. The van der Waals surface area contributed by atoms with Crippen LogP contribution in [0, 0.1) is 5.92 Å². The van der Waals surface area contributed by atoms with Crippen LogP contribution in [-0.4, -0.2) is 47.0 Å². The minimum absolute atomic E-state index is 0.0954. The minimum Gasteiger partial charge on any atom is -0.426 e. The molecule has 156 valence electrons. The fraction of sp³-hybridized carbons (Fsp3) is 0.348. The molecule has 2 aromatic carbocycles. The molecule has 0 radical (unpaired) electrons. The highest BCUT2D eigenvalue weighted by Crippen LogP contribution is 2.23. The summed E-state index contributed by atoms with van der Waals surface area (Å²) in [6, 6.07) is 15.1. The van der Waals surface area contributed by atoms with E-state index < -0.39 is 0 Å². The van der Waals surface area contributed by atoms with Crippen LogP contribution < -0.4 is 15.2 Å². The van der Waals surface area contributed by atoms with Gasteiger partial charge in [0.25, 0.3) is 5.56 Å². The molecule has 0 atom stereocenters. The van der Waals surface area contributed by atoms with Crippen molar-refractivity contribution >= 4 is 22.6 Å². The van der Waals surface area contributed by atoms with Crippen molar-refractivity contribution in [2.45, 2.75) is 20.4 Å². The highest BCUT2D eigenvalue weighted by atomic mass is 16.5. The summed E-state index contributed by atoms with van der Waals surface area (Å²) in [6.45, 7) is 7.66. The number of aromatic nitrogens is 2. The number of aromatic amines is 1. The van der Waals surface area contributed by atoms with Gasteiger partial charge in [-0.1, -0.05) is 32.0 Å². The lowest BCUT2D eigenvalue weighted by atomic mass is 10.2. The number of ether oxygens (including phenoxy) is 1. The van der Waals surface area contributed by atoms with Gasteiger partial charge in [0.05, 0.1) is 23.4 Å². The molecule has 1 aromatic heterocycles. The first kappa shape index (κ1) is 20.1. The Labute approximate surface area is 175 Å². The predicted molar refractivity (Wildman–Crippen MR) is 117 cm³/mol. The fourth-order valence-corrected chi connectivity index (χ4v) is 3.56. The minimum atomic E-state index is -0.228. The summed E-state index contributed by atoms with van der Waals surface area (Å²) in [5.74, 6) is 0.877. The first-order valence-corrected chi connectivity index (χ1v) is 10.3. The Morgan fingerprint density at radius 1 is 1.10 bits per heavy atom. The average Bonchev–Trinajstić information content (AvgIpc) is 2.74. The van der Waals surface area contributed by atoms with Crippen molar-refractivity contribution in [2.75, 3.05) is 31.1 Å². The molecule has 0 unspecified atom stereocenters. The quantitative estimate of drug-likeness (QED) is 0.519. The number of benzene rings is 2. The zero-order chi connectivity index (χ0) is 21.1. The maximum Gasteiger partial charge on any atom is 0.313 e. The third-order valence-electron chi connectivity index (χ3n) is 5.28. The van der Waals surface area contributed by atoms with Crippen LogP contribution >= 0.6 is 0 Å². The number of anilines is 1. The molecule has 1 aliphatic rings. The van der Waals surface area contributed by atoms with E-state index in [0.717, 1.165) is 37.4 Å². The predicted octanol–water partition coefficient (Wildman–Crippen LogP) is 2.81. The number of carbonyl (C=O) groups is 1. The Kier molecular flexibility index (Phi) is 5.81. The van der Waals surface area contributed by atoms with Gasteiger partial charge in [-0.25, -0.2) is 4.98 Å². The zero-order valence-corrected chi connectivity index (χ0v) is 17.3. The van der Waals surface area contributed by atoms with Gasteiger partial charge in [0.1, 0.15) is 11.6 Å². The van der Waals surface area contributed by atoms with Crippen LogP contribution in [0.4, 0.5) is 5.69 Å². The van der Waals surface area contributed by atoms with Crippen molar-refractivity contribution in [2.24, 2.45) is 5.92 Å². The van der Waals surface area contributed by atoms with Crippen molar-refractivity contribution in [1.82, 2.24) is 14.9 Å². The van der Waals surface area contributed by atoms with Crippen LogP contribution in [0.15, 0.2) is 53.3 Å². The van der Waals surface area contributed by atoms with Gasteiger partial charge in [-0.3, -0.25) is 14.5 Å². The van der Waals surface area contributed by atoms with Gasteiger partial charge in [0.2, 0.25) is 0 Å². The van der Waals surface area contributed by atoms with E-state index in [2.05, 4.69) is 19.8 Å². The number of hydrogen-bond donors (Lipinski definition) is 1. The number of carbonyl (C=O) groups excluding carboxylic acids is 1. The molecule has 0 aliphatic carbocycles. The monoisotopic (exact) mass is 406 g/mol. The lowest BCUT2D eigenvalue weighted by Crippen LogP contribution is -2.46. The summed E-state index contributed by atoms with van der Waals surface area (Å²) >= 11 is 0. The molecule has 4 rings (SSSR count). The largest absolute Gasteiger partial charge is 0.426 e. The van der Waals surface area contributed by atoms with Crippen molar-refractivity contribution in [3.05, 3.63) is 64.7 Å². The van der Waals surface area contributed by atoms with E-state index in [1.807, 2.05) is 56.3 Å². The van der Waals surface area contributed by atoms with Gasteiger partial charge in [0.15, 0.2) is 0 Å². The van der Waals surface area contributed by atoms with Gasteiger partial charge in [-0.15, -0.1) is 0 Å². The summed E-state index contributed by atoms with van der Waals surface area (Å²) < 4.78 is 5.44. The number of nitrogens with one attached hydrogen (secondary N) is 1. The average molecular weight is 406 g/mol. The summed E-state index contributed by atoms with van der Waals surface area (Å²) in [7, 11) is 0. The number of fused-ring (bicyclic) bond motifs is 1. The number of rotatable bonds is 5. The Bertz CT molecular complexity index is 1100. The Morgan fingerprint density at radius 2 is 1.87 bits per heavy atom. The molecular weight excluding hydrogens is 380 g/mol. The first-order valence-electron chi connectivity index (χ1n) is 10.3. The molecule has 7 nitrogen and oxygen atoms in total. The van der Waals surface area contributed by atoms with E-state index in [9.17, 15) is 9.59 Å². The molecule has 1 saturated heterocycles. The third-order valence-corrected chi connectivity index (χ3v) is 5.28. The highest BCUT2D eigenvalue weighted by Gasteiger charge is 2.19. The molecule has 30 heavy (non-hydrogen) atoms. The molecule has 0 bridgehead atoms. The molecule has 7 heteroatoms. The fourth-order valence-electron chi connectivity index (χ4n) is 3.56. The Balaban J connectivity index is 1.39. The Hall–Kier alpha value is -3.19. The molecule has 1 fully saturated rings. The van der Waals surface area contributed by atoms with Crippen molar-refractivity contribution in [3.63, 3.8) is 0 Å². The normalized spacial score (nSPS) is 15.0. The van der Waals surface area contributed by atoms with Crippen LogP contribution in [0.1, 0.15) is 19.7 Å². The Morgan fingerprint density at radius 3 is 2.63 bits per heavy atom. The van der Waals surface area contributed by atoms with Crippen molar-refractivity contribution < 1.29 is 9.53 Å². The van der Waals surface area contributed by atoms with E-state index in [0.29, 0.717) is 23.5 Å². The second-order valence-corrected chi connectivity index (χ2v) is 7.87. The third kappa shape index (κ3) is 4.52. The van der Waals surface area contributed by atoms with E-state index in [1.165, 1.54) is 0 Å². The van der Waals surface area contributed by atoms with Crippen LogP contribution in [0.5, 0.6) is 5.75 Å². The molecule has 1 aliphatic heterocycles. The summed E-state index contributed by atoms with van der Waals surface area (Å²) in [6.07, 6.45) is 0. The second-order valence-electron chi connectivity index (χ2n) is 7.87. The zero-order valence-electron chi connectivity index (χ0n) is 17.3. The second kappa shape index (κ2) is 8.67. The van der Waals surface area contributed by atoms with Gasteiger partial charge in [0, 0.05) is 37.9 Å². The number of hydrogen-bond acceptors (Lipinski definition) is 6. The molecule has 2 heterocycles. The van der Waals surface area contributed by atoms with Gasteiger partial charge in [-0.2, -0.15) is 0 Å². The van der Waals surface area contributed by atoms with Crippen molar-refractivity contribution in [3.8, 4) is 5.75 Å². The lowest BCUT2D eigenvalue weighted by molar-refractivity contribution is -0.137. The lowest BCUT2D eigenvalue weighted by Gasteiger charge is -2.35. The van der Waals surface area contributed by atoms with Gasteiger partial charge >= 0.3 is 5.97 Å². The van der Waals surface area contributed by atoms with Crippen LogP contribution in [-0.2, 0) is 11.3 Å². The molecule has 0 amide bonds. The van der Waals surface area contributed by atoms with Gasteiger partial charge in [-0.05, 0) is 24.3 Å². The van der Waals surface area contributed by atoms with E-state index in [1.54, 1.807) is 6.07 Å². The molecular formula is C23H26N4O3. The number of para-hydroxylation sites is 1. The topological polar surface area (TPSA) is 78.5 Å². The van der Waals surface area contributed by atoms with Crippen LogP contribution in [0.3, 0.4) is 0 Å². The van der Waals surface area contributed by atoms with E-state index in [-0.39, 0.29) is 17.4 Å². The summed E-state index contributed by atoms with van der Waals surface area (Å²) in [5.41, 5.74) is 1.67. The summed E-state index contributed by atoms with van der Waals surface area (Å²) in [4.78, 5) is 36.2. The molecule has 3 aromatic rings. The smallest absolute Gasteiger partial charge is 0.313 e. The van der Waals surface area contributed by atoms with Crippen LogP contribution in [0.2, 0.25) is 0 Å². The van der Waals surface area contributed by atoms with E-state index in [4.69, 9.17) is 4.74 Å². The van der Waals surface area contributed by atoms with Crippen LogP contribution in [0.25, 0.3) is 10.9 Å². The maximum atomic E-state index is 12.3. The van der Waals surface area contributed by atoms with Gasteiger partial charge < -0.3 is 14.6 Å². The maximum absolute atomic E-state index is 12.3. The number of esters is 1. The summed E-state index contributed by atoms with van der Waals surface area (Å²) in [5, 5.41) is 0.615. The molecule has 1 N–H and O–H groups in total. The highest BCUT2D eigenvalue weighted by molar-refractivity contribution is 5.77. The SMILES string of the molecule is CC(C)C(=O)Oc1cccc(N2CCN(Cc3nc4ccccc4c(=O)[nH]3)CC2)c1.